The maximum absolute atomic E-state index is 12.3. The molecule has 1 aromatic carbocycles. The third kappa shape index (κ3) is 4.60. The standard InChI is InChI=1S/C17H20ClN3O2/c1-4-11(2)20-13-7-8-19-15(10-13)17(22)21-12-5-6-16(23-3)14(18)9-12/h5-11H,4H2,1-3H3,(H,19,20)(H,21,22). The molecule has 2 rings (SSSR count). The average Bonchev–Trinajstić information content (AvgIpc) is 2.55. The van der Waals surface area contributed by atoms with E-state index in [0.717, 1.165) is 12.1 Å². The van der Waals surface area contributed by atoms with Gasteiger partial charge in [-0.2, -0.15) is 0 Å². The van der Waals surface area contributed by atoms with Crippen LogP contribution in [-0.2, 0) is 0 Å². The molecule has 122 valence electrons. The van der Waals surface area contributed by atoms with Crippen molar-refractivity contribution >= 4 is 28.9 Å². The lowest BCUT2D eigenvalue weighted by molar-refractivity contribution is 0.102. The summed E-state index contributed by atoms with van der Waals surface area (Å²) in [7, 11) is 1.54. The molecule has 0 spiro atoms. The number of nitrogens with zero attached hydrogens (tertiary/aromatic N) is 1. The van der Waals surface area contributed by atoms with E-state index in [9.17, 15) is 4.79 Å². The van der Waals surface area contributed by atoms with Gasteiger partial charge in [0.1, 0.15) is 11.4 Å². The fraction of sp³-hybridized carbons (Fsp3) is 0.294. The highest BCUT2D eigenvalue weighted by Gasteiger charge is 2.10. The molecule has 0 saturated heterocycles. The molecule has 2 N–H and O–H groups in total. The molecular weight excluding hydrogens is 314 g/mol. The first-order chi connectivity index (χ1) is 11.0. The van der Waals surface area contributed by atoms with Crippen molar-refractivity contribution in [3.05, 3.63) is 47.2 Å². The molecule has 0 aliphatic heterocycles. The monoisotopic (exact) mass is 333 g/mol. The lowest BCUT2D eigenvalue weighted by Crippen LogP contribution is -2.16. The second-order valence-electron chi connectivity index (χ2n) is 5.19. The van der Waals surface area contributed by atoms with E-state index >= 15 is 0 Å². The smallest absolute Gasteiger partial charge is 0.274 e. The number of benzene rings is 1. The summed E-state index contributed by atoms with van der Waals surface area (Å²) >= 11 is 6.06. The molecule has 1 aromatic heterocycles. The molecule has 1 unspecified atom stereocenters. The Morgan fingerprint density at radius 3 is 2.74 bits per heavy atom. The molecule has 1 heterocycles. The summed E-state index contributed by atoms with van der Waals surface area (Å²) < 4.78 is 5.09. The number of anilines is 2. The highest BCUT2D eigenvalue weighted by Crippen LogP contribution is 2.27. The zero-order chi connectivity index (χ0) is 16.8. The van der Waals surface area contributed by atoms with Crippen molar-refractivity contribution in [2.24, 2.45) is 0 Å². The number of hydrogen-bond acceptors (Lipinski definition) is 4. The van der Waals surface area contributed by atoms with Crippen LogP contribution in [0.15, 0.2) is 36.5 Å². The van der Waals surface area contributed by atoms with Crippen molar-refractivity contribution in [1.29, 1.82) is 0 Å². The van der Waals surface area contributed by atoms with Crippen molar-refractivity contribution in [3.63, 3.8) is 0 Å². The van der Waals surface area contributed by atoms with E-state index in [4.69, 9.17) is 16.3 Å². The van der Waals surface area contributed by atoms with Crippen molar-refractivity contribution in [3.8, 4) is 5.75 Å². The zero-order valence-electron chi connectivity index (χ0n) is 13.4. The van der Waals surface area contributed by atoms with Crippen molar-refractivity contribution < 1.29 is 9.53 Å². The predicted molar refractivity (Wildman–Crippen MR) is 93.6 cm³/mol. The molecule has 0 fully saturated rings. The van der Waals surface area contributed by atoms with Gasteiger partial charge in [-0.1, -0.05) is 18.5 Å². The second kappa shape index (κ2) is 7.83. The Labute approximate surface area is 141 Å². The first-order valence-electron chi connectivity index (χ1n) is 7.41. The van der Waals surface area contributed by atoms with Crippen LogP contribution in [0.1, 0.15) is 30.8 Å². The minimum Gasteiger partial charge on any atom is -0.495 e. The highest BCUT2D eigenvalue weighted by molar-refractivity contribution is 6.32. The molecule has 1 amide bonds. The van der Waals surface area contributed by atoms with E-state index in [-0.39, 0.29) is 5.91 Å². The van der Waals surface area contributed by atoms with Crippen LogP contribution in [0.4, 0.5) is 11.4 Å². The van der Waals surface area contributed by atoms with Gasteiger partial charge >= 0.3 is 0 Å². The van der Waals surface area contributed by atoms with E-state index in [0.29, 0.717) is 28.2 Å². The van der Waals surface area contributed by atoms with Crippen LogP contribution in [0, 0.1) is 0 Å². The van der Waals surface area contributed by atoms with Crippen LogP contribution in [0.25, 0.3) is 0 Å². The summed E-state index contributed by atoms with van der Waals surface area (Å²) in [5.74, 6) is 0.265. The first-order valence-corrected chi connectivity index (χ1v) is 7.78. The van der Waals surface area contributed by atoms with Gasteiger partial charge in [0.25, 0.3) is 5.91 Å². The fourth-order valence-corrected chi connectivity index (χ4v) is 2.23. The van der Waals surface area contributed by atoms with E-state index in [1.165, 1.54) is 0 Å². The third-order valence-electron chi connectivity index (χ3n) is 3.43. The average molecular weight is 334 g/mol. The number of nitrogens with one attached hydrogen (secondary N) is 2. The molecule has 0 saturated carbocycles. The van der Waals surface area contributed by atoms with Crippen LogP contribution < -0.4 is 15.4 Å². The van der Waals surface area contributed by atoms with Gasteiger partial charge in [0.2, 0.25) is 0 Å². The largest absolute Gasteiger partial charge is 0.495 e. The number of carbonyl (C=O) groups is 1. The van der Waals surface area contributed by atoms with Crippen LogP contribution in [-0.4, -0.2) is 24.0 Å². The maximum atomic E-state index is 12.3. The number of ether oxygens (including phenoxy) is 1. The highest BCUT2D eigenvalue weighted by atomic mass is 35.5. The Balaban J connectivity index is 2.11. The Bertz CT molecular complexity index is 691. The number of amides is 1. The van der Waals surface area contributed by atoms with Crippen LogP contribution in [0.3, 0.4) is 0 Å². The lowest BCUT2D eigenvalue weighted by Gasteiger charge is -2.13. The van der Waals surface area contributed by atoms with Gasteiger partial charge in [-0.15, -0.1) is 0 Å². The van der Waals surface area contributed by atoms with E-state index in [2.05, 4.69) is 29.5 Å². The molecule has 1 atom stereocenters. The molecule has 0 aliphatic rings. The molecule has 0 aliphatic carbocycles. The third-order valence-corrected chi connectivity index (χ3v) is 3.72. The summed E-state index contributed by atoms with van der Waals surface area (Å²) in [6.07, 6.45) is 2.61. The lowest BCUT2D eigenvalue weighted by atomic mass is 10.2. The van der Waals surface area contributed by atoms with Crippen LogP contribution >= 0.6 is 11.6 Å². The van der Waals surface area contributed by atoms with Gasteiger partial charge in [0.05, 0.1) is 12.1 Å². The molecule has 6 heteroatoms. The number of methoxy groups -OCH3 is 1. The van der Waals surface area contributed by atoms with E-state index in [1.54, 1.807) is 37.6 Å². The molecular formula is C17H20ClN3O2. The Hall–Kier alpha value is -2.27. The summed E-state index contributed by atoms with van der Waals surface area (Å²) in [6.45, 7) is 4.18. The van der Waals surface area contributed by atoms with E-state index < -0.39 is 0 Å². The zero-order valence-corrected chi connectivity index (χ0v) is 14.1. The SMILES string of the molecule is CCC(C)Nc1ccnc(C(=O)Nc2ccc(OC)c(Cl)c2)c1. The Kier molecular flexibility index (Phi) is 5.82. The topological polar surface area (TPSA) is 63.2 Å². The summed E-state index contributed by atoms with van der Waals surface area (Å²) in [6, 6.07) is 8.96. The fourth-order valence-electron chi connectivity index (χ4n) is 1.97. The van der Waals surface area contributed by atoms with Crippen molar-refractivity contribution in [1.82, 2.24) is 4.98 Å². The van der Waals surface area contributed by atoms with Gasteiger partial charge in [0, 0.05) is 23.6 Å². The van der Waals surface area contributed by atoms with Gasteiger partial charge < -0.3 is 15.4 Å². The van der Waals surface area contributed by atoms with Gasteiger partial charge in [-0.3, -0.25) is 9.78 Å². The summed E-state index contributed by atoms with van der Waals surface area (Å²) in [4.78, 5) is 16.4. The van der Waals surface area contributed by atoms with Gasteiger partial charge in [0.15, 0.2) is 0 Å². The number of pyridine rings is 1. The number of halogens is 1. The number of rotatable bonds is 6. The minimum absolute atomic E-state index is 0.293. The normalized spacial score (nSPS) is 11.7. The quantitative estimate of drug-likeness (QED) is 0.831. The summed E-state index contributed by atoms with van der Waals surface area (Å²) in [5.41, 5.74) is 1.79. The molecule has 5 nitrogen and oxygen atoms in total. The molecule has 2 aromatic rings. The second-order valence-corrected chi connectivity index (χ2v) is 5.59. The first kappa shape index (κ1) is 17.1. The number of carbonyl (C=O) groups excluding carboxylic acids is 1. The van der Waals surface area contributed by atoms with Crippen molar-refractivity contribution in [2.45, 2.75) is 26.3 Å². The summed E-state index contributed by atoms with van der Waals surface area (Å²) in [5, 5.41) is 6.53. The van der Waals surface area contributed by atoms with E-state index in [1.807, 2.05) is 6.07 Å². The van der Waals surface area contributed by atoms with Gasteiger partial charge in [-0.05, 0) is 43.7 Å². The Morgan fingerprint density at radius 1 is 1.30 bits per heavy atom. The van der Waals surface area contributed by atoms with Crippen LogP contribution in [0.5, 0.6) is 5.75 Å². The molecule has 0 bridgehead atoms. The van der Waals surface area contributed by atoms with Crippen LogP contribution in [0.2, 0.25) is 5.02 Å². The molecule has 0 radical (unpaired) electrons. The van der Waals surface area contributed by atoms with Gasteiger partial charge in [-0.25, -0.2) is 0 Å². The predicted octanol–water partition coefficient (Wildman–Crippen LogP) is 4.21. The Morgan fingerprint density at radius 2 is 2.09 bits per heavy atom. The number of hydrogen-bond donors (Lipinski definition) is 2. The minimum atomic E-state index is -0.293. The van der Waals surface area contributed by atoms with Crippen molar-refractivity contribution in [2.75, 3.05) is 17.7 Å². The maximum Gasteiger partial charge on any atom is 0.274 e. The number of aromatic nitrogens is 1. The molecule has 23 heavy (non-hydrogen) atoms.